The van der Waals surface area contributed by atoms with Crippen LogP contribution in [0.1, 0.15) is 84.5 Å². The maximum absolute atomic E-state index is 12.4. The van der Waals surface area contributed by atoms with Crippen LogP contribution < -0.4 is 0 Å². The molecule has 0 radical (unpaired) electrons. The van der Waals surface area contributed by atoms with Crippen molar-refractivity contribution in [3.8, 4) is 0 Å². The van der Waals surface area contributed by atoms with Crippen molar-refractivity contribution < 1.29 is 9.53 Å². The van der Waals surface area contributed by atoms with E-state index in [4.69, 9.17) is 4.74 Å². The minimum Gasteiger partial charge on any atom is -0.370 e. The summed E-state index contributed by atoms with van der Waals surface area (Å²) in [4.78, 5) is 12.4. The van der Waals surface area contributed by atoms with Crippen LogP contribution in [0.4, 0.5) is 0 Å². The Bertz CT molecular complexity index is 252. The van der Waals surface area contributed by atoms with E-state index in [1.807, 2.05) is 0 Å². The number of methoxy groups -OCH3 is 1. The fourth-order valence-corrected chi connectivity index (χ4v) is 3.12. The normalized spacial score (nSPS) is 27.4. The molecule has 0 amide bonds. The zero-order valence-corrected chi connectivity index (χ0v) is 13.2. The highest BCUT2D eigenvalue weighted by Crippen LogP contribution is 2.36. The van der Waals surface area contributed by atoms with E-state index in [0.717, 1.165) is 38.0 Å². The number of ketones is 1. The van der Waals surface area contributed by atoms with Crippen LogP contribution >= 0.6 is 0 Å². The summed E-state index contributed by atoms with van der Waals surface area (Å²) in [5.41, 5.74) is -0.435. The molecule has 19 heavy (non-hydrogen) atoms. The summed E-state index contributed by atoms with van der Waals surface area (Å²) in [5, 5.41) is 0. The Kier molecular flexibility index (Phi) is 7.67. The molecule has 2 heteroatoms. The van der Waals surface area contributed by atoms with Crippen LogP contribution in [0.5, 0.6) is 0 Å². The zero-order chi connectivity index (χ0) is 14.1. The minimum atomic E-state index is -0.435. The average Bonchev–Trinajstić information content (AvgIpc) is 2.43. The number of ether oxygens (including phenoxy) is 1. The summed E-state index contributed by atoms with van der Waals surface area (Å²) in [6, 6.07) is 0. The SMILES string of the molecule is CCCCCCCCC(=O)C1(OC)CCC(C)CC1. The van der Waals surface area contributed by atoms with E-state index in [-0.39, 0.29) is 0 Å². The van der Waals surface area contributed by atoms with Gasteiger partial charge in [-0.3, -0.25) is 4.79 Å². The van der Waals surface area contributed by atoms with Crippen molar-refractivity contribution in [2.75, 3.05) is 7.11 Å². The average molecular weight is 268 g/mol. The lowest BCUT2D eigenvalue weighted by molar-refractivity contribution is -0.146. The van der Waals surface area contributed by atoms with Crippen molar-refractivity contribution in [2.45, 2.75) is 90.1 Å². The van der Waals surface area contributed by atoms with Crippen molar-refractivity contribution in [2.24, 2.45) is 5.92 Å². The molecule has 1 fully saturated rings. The molecule has 0 aliphatic heterocycles. The van der Waals surface area contributed by atoms with Crippen LogP contribution in [0, 0.1) is 5.92 Å². The second-order valence-corrected chi connectivity index (χ2v) is 6.32. The van der Waals surface area contributed by atoms with Crippen LogP contribution in [0.25, 0.3) is 0 Å². The first-order valence-electron chi connectivity index (χ1n) is 8.23. The molecule has 0 aromatic carbocycles. The van der Waals surface area contributed by atoms with Gasteiger partial charge < -0.3 is 4.74 Å². The Balaban J connectivity index is 2.26. The highest BCUT2D eigenvalue weighted by atomic mass is 16.5. The number of unbranched alkanes of at least 4 members (excludes halogenated alkanes) is 5. The van der Waals surface area contributed by atoms with Gasteiger partial charge >= 0.3 is 0 Å². The van der Waals surface area contributed by atoms with Gasteiger partial charge in [0.2, 0.25) is 0 Å². The molecule has 0 bridgehead atoms. The number of carbonyl (C=O) groups is 1. The lowest BCUT2D eigenvalue weighted by atomic mass is 9.76. The van der Waals surface area contributed by atoms with E-state index < -0.39 is 5.60 Å². The molecule has 0 heterocycles. The van der Waals surface area contributed by atoms with Crippen LogP contribution in [-0.4, -0.2) is 18.5 Å². The first kappa shape index (κ1) is 16.7. The van der Waals surface area contributed by atoms with Gasteiger partial charge in [0.05, 0.1) is 0 Å². The van der Waals surface area contributed by atoms with E-state index in [2.05, 4.69) is 13.8 Å². The molecule has 0 unspecified atom stereocenters. The first-order valence-corrected chi connectivity index (χ1v) is 8.23. The molecule has 1 aliphatic carbocycles. The van der Waals surface area contributed by atoms with E-state index in [9.17, 15) is 4.79 Å². The highest BCUT2D eigenvalue weighted by molar-refractivity contribution is 5.87. The largest absolute Gasteiger partial charge is 0.370 e. The third-order valence-electron chi connectivity index (χ3n) is 4.74. The molecule has 0 atom stereocenters. The monoisotopic (exact) mass is 268 g/mol. The molecular weight excluding hydrogens is 236 g/mol. The van der Waals surface area contributed by atoms with Gasteiger partial charge in [-0.15, -0.1) is 0 Å². The van der Waals surface area contributed by atoms with Crippen LogP contribution in [-0.2, 0) is 9.53 Å². The van der Waals surface area contributed by atoms with Gasteiger partial charge in [-0.05, 0) is 38.0 Å². The first-order chi connectivity index (χ1) is 9.14. The maximum atomic E-state index is 12.4. The molecule has 2 nitrogen and oxygen atoms in total. The molecule has 0 N–H and O–H groups in total. The van der Waals surface area contributed by atoms with Crippen molar-refractivity contribution in [3.63, 3.8) is 0 Å². The van der Waals surface area contributed by atoms with Crippen molar-refractivity contribution in [1.29, 1.82) is 0 Å². The fourth-order valence-electron chi connectivity index (χ4n) is 3.12. The maximum Gasteiger partial charge on any atom is 0.164 e. The summed E-state index contributed by atoms with van der Waals surface area (Å²) < 4.78 is 5.63. The molecule has 112 valence electrons. The molecular formula is C17H32O2. The quantitative estimate of drug-likeness (QED) is 0.556. The summed E-state index contributed by atoms with van der Waals surface area (Å²) in [7, 11) is 1.72. The van der Waals surface area contributed by atoms with Crippen molar-refractivity contribution >= 4 is 5.78 Å². The number of carbonyl (C=O) groups excluding carboxylic acids is 1. The third-order valence-corrected chi connectivity index (χ3v) is 4.74. The zero-order valence-electron chi connectivity index (χ0n) is 13.2. The van der Waals surface area contributed by atoms with Crippen molar-refractivity contribution in [1.82, 2.24) is 0 Å². The standard InChI is InChI=1S/C17H32O2/c1-4-5-6-7-8-9-10-16(18)17(19-3)13-11-15(2)12-14-17/h15H,4-14H2,1-3H3. The molecule has 1 saturated carbocycles. The number of hydrogen-bond acceptors (Lipinski definition) is 2. The topological polar surface area (TPSA) is 26.3 Å². The van der Waals surface area contributed by atoms with E-state index >= 15 is 0 Å². The smallest absolute Gasteiger partial charge is 0.164 e. The second kappa shape index (κ2) is 8.73. The van der Waals surface area contributed by atoms with Gasteiger partial charge in [-0.1, -0.05) is 46.0 Å². The molecule has 0 spiro atoms. The summed E-state index contributed by atoms with van der Waals surface area (Å²) in [5.74, 6) is 1.11. The predicted molar refractivity (Wildman–Crippen MR) is 80.4 cm³/mol. The third kappa shape index (κ3) is 5.25. The van der Waals surface area contributed by atoms with E-state index in [0.29, 0.717) is 12.2 Å². The molecule has 0 aromatic heterocycles. The summed E-state index contributed by atoms with van der Waals surface area (Å²) in [6.45, 7) is 4.51. The molecule has 1 rings (SSSR count). The van der Waals surface area contributed by atoms with Gasteiger partial charge in [0.25, 0.3) is 0 Å². The summed E-state index contributed by atoms with van der Waals surface area (Å²) in [6.07, 6.45) is 12.3. The van der Waals surface area contributed by atoms with E-state index in [1.165, 1.54) is 32.1 Å². The van der Waals surface area contributed by atoms with Gasteiger partial charge in [0, 0.05) is 13.5 Å². The lowest BCUT2D eigenvalue weighted by Gasteiger charge is -2.37. The van der Waals surface area contributed by atoms with Gasteiger partial charge in [0.15, 0.2) is 5.78 Å². The number of Topliss-reactive ketones (excluding diaryl/α,β-unsaturated/α-hetero) is 1. The van der Waals surface area contributed by atoms with Crippen molar-refractivity contribution in [3.05, 3.63) is 0 Å². The Hall–Kier alpha value is -0.370. The number of hydrogen-bond donors (Lipinski definition) is 0. The van der Waals surface area contributed by atoms with Crippen LogP contribution in [0.3, 0.4) is 0 Å². The Morgan fingerprint density at radius 3 is 2.26 bits per heavy atom. The Labute approximate surface area is 119 Å². The minimum absolute atomic E-state index is 0.359. The van der Waals surface area contributed by atoms with Gasteiger partial charge in [-0.2, -0.15) is 0 Å². The fraction of sp³-hybridized carbons (Fsp3) is 0.941. The molecule has 1 aliphatic rings. The highest BCUT2D eigenvalue weighted by Gasteiger charge is 2.40. The summed E-state index contributed by atoms with van der Waals surface area (Å²) >= 11 is 0. The van der Waals surface area contributed by atoms with Crippen LogP contribution in [0.2, 0.25) is 0 Å². The second-order valence-electron chi connectivity index (χ2n) is 6.32. The Morgan fingerprint density at radius 2 is 1.68 bits per heavy atom. The lowest BCUT2D eigenvalue weighted by Crippen LogP contribution is -2.43. The van der Waals surface area contributed by atoms with Crippen LogP contribution in [0.15, 0.2) is 0 Å². The Morgan fingerprint density at radius 1 is 1.11 bits per heavy atom. The van der Waals surface area contributed by atoms with E-state index in [1.54, 1.807) is 7.11 Å². The van der Waals surface area contributed by atoms with Gasteiger partial charge in [-0.25, -0.2) is 0 Å². The number of rotatable bonds is 9. The molecule has 0 saturated heterocycles. The van der Waals surface area contributed by atoms with Gasteiger partial charge in [0.1, 0.15) is 5.60 Å². The molecule has 0 aromatic rings. The predicted octanol–water partition coefficient (Wildman–Crippen LogP) is 4.90.